The minimum Gasteiger partial charge on any atom is -0.353 e. The van der Waals surface area contributed by atoms with Crippen molar-refractivity contribution in [3.63, 3.8) is 0 Å². The second-order valence-corrected chi connectivity index (χ2v) is 6.36. The first-order valence-electron chi connectivity index (χ1n) is 8.68. The molecule has 0 saturated carbocycles. The average Bonchev–Trinajstić information content (AvgIpc) is 3.03. The van der Waals surface area contributed by atoms with Gasteiger partial charge in [-0.3, -0.25) is 9.69 Å². The number of carbonyl (C=O) groups is 1. The Morgan fingerprint density at radius 1 is 1.25 bits per heavy atom. The van der Waals surface area contributed by atoms with E-state index in [0.29, 0.717) is 12.6 Å². The number of nitrogens with one attached hydrogen (secondary N) is 1. The van der Waals surface area contributed by atoms with Crippen LogP contribution < -0.4 is 5.32 Å². The van der Waals surface area contributed by atoms with Gasteiger partial charge in [-0.2, -0.15) is 0 Å². The molecule has 0 spiro atoms. The molecule has 0 bridgehead atoms. The minimum atomic E-state index is -0.0234. The van der Waals surface area contributed by atoms with Crippen molar-refractivity contribution in [2.24, 2.45) is 0 Å². The molecule has 1 saturated heterocycles. The number of rotatable bonds is 6. The second-order valence-electron chi connectivity index (χ2n) is 6.36. The van der Waals surface area contributed by atoms with Gasteiger partial charge in [0.1, 0.15) is 12.1 Å². The van der Waals surface area contributed by atoms with Crippen molar-refractivity contribution in [2.45, 2.75) is 26.4 Å². The van der Waals surface area contributed by atoms with Crippen molar-refractivity contribution in [2.75, 3.05) is 39.3 Å². The zero-order valence-electron chi connectivity index (χ0n) is 14.5. The Balaban J connectivity index is 1.47. The largest absolute Gasteiger partial charge is 0.353 e. The highest BCUT2D eigenvalue weighted by molar-refractivity contribution is 5.79. The van der Waals surface area contributed by atoms with Gasteiger partial charge in [0.25, 0.3) is 0 Å². The number of likely N-dealkylation sites (N-methyl/N-ethyl adjacent to an activating group) is 1. The number of piperazine rings is 1. The molecule has 2 heterocycles. The summed E-state index contributed by atoms with van der Waals surface area (Å²) in [5, 5.41) is 11.2. The third-order valence-electron chi connectivity index (χ3n) is 4.79. The van der Waals surface area contributed by atoms with Crippen molar-refractivity contribution >= 4 is 16.9 Å². The van der Waals surface area contributed by atoms with Crippen LogP contribution in [0.1, 0.15) is 13.8 Å². The van der Waals surface area contributed by atoms with Crippen LogP contribution in [0.3, 0.4) is 0 Å². The topological polar surface area (TPSA) is 66.3 Å². The molecule has 1 aliphatic rings. The highest BCUT2D eigenvalue weighted by atomic mass is 16.2. The van der Waals surface area contributed by atoms with Crippen LogP contribution in [0, 0.1) is 0 Å². The van der Waals surface area contributed by atoms with Gasteiger partial charge in [0.15, 0.2) is 0 Å². The summed E-state index contributed by atoms with van der Waals surface area (Å²) in [4.78, 5) is 17.1. The van der Waals surface area contributed by atoms with E-state index in [1.54, 1.807) is 4.68 Å². The zero-order chi connectivity index (χ0) is 16.9. The molecule has 1 aliphatic heterocycles. The van der Waals surface area contributed by atoms with Crippen molar-refractivity contribution in [3.8, 4) is 0 Å². The molecule has 24 heavy (non-hydrogen) atoms. The van der Waals surface area contributed by atoms with Crippen LogP contribution in [-0.4, -0.2) is 76.0 Å². The number of fused-ring (bicyclic) bond motifs is 1. The number of para-hydroxylation sites is 1. The molecular weight excluding hydrogens is 304 g/mol. The fraction of sp³-hybridized carbons (Fsp3) is 0.588. The third kappa shape index (κ3) is 3.91. The Hall–Kier alpha value is -1.99. The molecule has 0 radical (unpaired) electrons. The van der Waals surface area contributed by atoms with E-state index in [4.69, 9.17) is 0 Å². The van der Waals surface area contributed by atoms with Gasteiger partial charge >= 0.3 is 0 Å². The molecule has 1 N–H and O–H groups in total. The van der Waals surface area contributed by atoms with Crippen LogP contribution in [0.4, 0.5) is 0 Å². The number of hydrogen-bond donors (Lipinski definition) is 1. The maximum Gasteiger partial charge on any atom is 0.241 e. The number of nitrogens with zero attached hydrogens (tertiary/aromatic N) is 5. The van der Waals surface area contributed by atoms with Crippen molar-refractivity contribution < 1.29 is 4.79 Å². The first-order valence-corrected chi connectivity index (χ1v) is 8.68. The molecule has 1 amide bonds. The lowest BCUT2D eigenvalue weighted by Gasteiger charge is -2.37. The number of amides is 1. The van der Waals surface area contributed by atoms with Crippen LogP contribution in [0.15, 0.2) is 24.3 Å². The summed E-state index contributed by atoms with van der Waals surface area (Å²) in [5.41, 5.74) is 1.70. The molecule has 1 aromatic carbocycles. The van der Waals surface area contributed by atoms with Gasteiger partial charge in [0, 0.05) is 38.8 Å². The minimum absolute atomic E-state index is 0.0234. The number of carbonyl (C=O) groups excluding carboxylic acids is 1. The molecule has 1 aromatic heterocycles. The molecule has 0 aliphatic carbocycles. The van der Waals surface area contributed by atoms with E-state index >= 15 is 0 Å². The van der Waals surface area contributed by atoms with Crippen molar-refractivity contribution in [1.82, 2.24) is 30.1 Å². The zero-order valence-corrected chi connectivity index (χ0v) is 14.5. The lowest BCUT2D eigenvalue weighted by atomic mass is 10.2. The Morgan fingerprint density at radius 3 is 2.75 bits per heavy atom. The van der Waals surface area contributed by atoms with E-state index < -0.39 is 0 Å². The highest BCUT2D eigenvalue weighted by Gasteiger charge is 2.20. The molecule has 7 nitrogen and oxygen atoms in total. The monoisotopic (exact) mass is 330 g/mol. The fourth-order valence-electron chi connectivity index (χ4n) is 3.14. The van der Waals surface area contributed by atoms with Crippen LogP contribution in [-0.2, 0) is 11.3 Å². The van der Waals surface area contributed by atoms with E-state index in [9.17, 15) is 4.79 Å². The van der Waals surface area contributed by atoms with E-state index in [0.717, 1.165) is 43.8 Å². The lowest BCUT2D eigenvalue weighted by molar-refractivity contribution is -0.122. The summed E-state index contributed by atoms with van der Waals surface area (Å²) in [6.07, 6.45) is 0. The van der Waals surface area contributed by atoms with Crippen LogP contribution in [0.25, 0.3) is 11.0 Å². The maximum atomic E-state index is 12.2. The van der Waals surface area contributed by atoms with E-state index in [1.165, 1.54) is 0 Å². The second kappa shape index (κ2) is 7.72. The quantitative estimate of drug-likeness (QED) is 0.839. The average molecular weight is 330 g/mol. The molecule has 3 rings (SSSR count). The summed E-state index contributed by atoms with van der Waals surface area (Å²) in [5.74, 6) is -0.0234. The van der Waals surface area contributed by atoms with Gasteiger partial charge in [-0.15, -0.1) is 5.10 Å². The van der Waals surface area contributed by atoms with E-state index in [2.05, 4.69) is 39.3 Å². The first kappa shape index (κ1) is 16.9. The number of benzene rings is 1. The first-order chi connectivity index (χ1) is 11.7. The predicted molar refractivity (Wildman–Crippen MR) is 93.7 cm³/mol. The molecule has 2 aromatic rings. The normalized spacial score (nSPS) is 17.9. The van der Waals surface area contributed by atoms with E-state index in [-0.39, 0.29) is 12.5 Å². The smallest absolute Gasteiger partial charge is 0.241 e. The predicted octanol–water partition coefficient (Wildman–Crippen LogP) is 0.574. The SMILES string of the molecule is CCN1CCN(C(C)CNC(=O)Cn2nnc3ccccc32)CC1. The molecule has 1 unspecified atom stereocenters. The van der Waals surface area contributed by atoms with Gasteiger partial charge in [-0.25, -0.2) is 4.68 Å². The fourth-order valence-corrected chi connectivity index (χ4v) is 3.14. The molecule has 1 fully saturated rings. The van der Waals surface area contributed by atoms with Crippen LogP contribution in [0.5, 0.6) is 0 Å². The Kier molecular flexibility index (Phi) is 5.42. The van der Waals surface area contributed by atoms with Gasteiger partial charge in [-0.1, -0.05) is 24.3 Å². The van der Waals surface area contributed by atoms with Gasteiger partial charge in [0.05, 0.1) is 5.52 Å². The number of hydrogen-bond acceptors (Lipinski definition) is 5. The number of aromatic nitrogens is 3. The molecular formula is C17H26N6O. The van der Waals surface area contributed by atoms with E-state index in [1.807, 2.05) is 24.3 Å². The van der Waals surface area contributed by atoms with Gasteiger partial charge in [0.2, 0.25) is 5.91 Å². The summed E-state index contributed by atoms with van der Waals surface area (Å²) in [6.45, 7) is 10.7. The molecule has 7 heteroatoms. The Labute approximate surface area is 142 Å². The van der Waals surface area contributed by atoms with Gasteiger partial charge < -0.3 is 10.2 Å². The Bertz CT molecular complexity index is 677. The molecule has 130 valence electrons. The van der Waals surface area contributed by atoms with Crippen LogP contribution >= 0.6 is 0 Å². The summed E-state index contributed by atoms with van der Waals surface area (Å²) >= 11 is 0. The van der Waals surface area contributed by atoms with Crippen molar-refractivity contribution in [3.05, 3.63) is 24.3 Å². The maximum absolute atomic E-state index is 12.2. The third-order valence-corrected chi connectivity index (χ3v) is 4.79. The van der Waals surface area contributed by atoms with Crippen molar-refractivity contribution in [1.29, 1.82) is 0 Å². The Morgan fingerprint density at radius 2 is 2.00 bits per heavy atom. The molecule has 1 atom stereocenters. The van der Waals surface area contributed by atoms with Crippen LogP contribution in [0.2, 0.25) is 0 Å². The lowest BCUT2D eigenvalue weighted by Crippen LogP contribution is -2.52. The highest BCUT2D eigenvalue weighted by Crippen LogP contribution is 2.09. The van der Waals surface area contributed by atoms with Gasteiger partial charge in [-0.05, 0) is 25.6 Å². The summed E-state index contributed by atoms with van der Waals surface area (Å²) in [6, 6.07) is 8.02. The standard InChI is InChI=1S/C17H26N6O/c1-3-21-8-10-22(11-9-21)14(2)12-18-17(24)13-23-16-7-5-4-6-15(16)19-20-23/h4-7,14H,3,8-13H2,1-2H3,(H,18,24). The summed E-state index contributed by atoms with van der Waals surface area (Å²) in [7, 11) is 0. The summed E-state index contributed by atoms with van der Waals surface area (Å²) < 4.78 is 1.65.